The molecule has 4 rings (SSSR count). The molecule has 1 N–H and O–H groups in total. The Bertz CT molecular complexity index is 1470. The Kier molecular flexibility index (Phi) is 7.49. The summed E-state index contributed by atoms with van der Waals surface area (Å²) in [4.78, 5) is 40.9. The van der Waals surface area contributed by atoms with E-state index in [1.165, 1.54) is 28.6 Å². The van der Waals surface area contributed by atoms with E-state index in [1.807, 2.05) is 12.1 Å². The van der Waals surface area contributed by atoms with Crippen LogP contribution in [0.3, 0.4) is 0 Å². The second-order valence-corrected chi connectivity index (χ2v) is 10.5. The molecule has 2 aromatic carbocycles. The summed E-state index contributed by atoms with van der Waals surface area (Å²) in [6.45, 7) is 4.80. The zero-order valence-corrected chi connectivity index (χ0v) is 21.7. The molecule has 1 aromatic heterocycles. The van der Waals surface area contributed by atoms with Crippen molar-refractivity contribution in [3.63, 3.8) is 0 Å². The van der Waals surface area contributed by atoms with E-state index in [2.05, 4.69) is 4.98 Å². The molecule has 0 saturated heterocycles. The average Bonchev–Trinajstić information content (AvgIpc) is 3.20. The second kappa shape index (κ2) is 10.6. The largest absolute Gasteiger partial charge is 0.462 e. The van der Waals surface area contributed by atoms with Gasteiger partial charge in [0.1, 0.15) is 0 Å². The molecule has 0 bridgehead atoms. The average molecular weight is 525 g/mol. The van der Waals surface area contributed by atoms with Gasteiger partial charge in [0.25, 0.3) is 10.0 Å². The van der Waals surface area contributed by atoms with Gasteiger partial charge >= 0.3 is 11.9 Å². The summed E-state index contributed by atoms with van der Waals surface area (Å²) in [5.74, 6) is -2.07. The van der Waals surface area contributed by atoms with E-state index in [9.17, 15) is 22.8 Å². The summed E-state index contributed by atoms with van der Waals surface area (Å²) in [5, 5.41) is 0. The van der Waals surface area contributed by atoms with Crippen LogP contribution in [0.2, 0.25) is 0 Å². The molecule has 1 aliphatic rings. The maximum atomic E-state index is 13.4. The third kappa shape index (κ3) is 5.15. The Balaban J connectivity index is 1.52. The van der Waals surface area contributed by atoms with E-state index in [0.29, 0.717) is 30.0 Å². The van der Waals surface area contributed by atoms with E-state index in [1.54, 1.807) is 32.9 Å². The van der Waals surface area contributed by atoms with Crippen LogP contribution in [0.1, 0.15) is 61.4 Å². The number of para-hydroxylation sites is 1. The molecule has 0 radical (unpaired) electrons. The Labute approximate surface area is 215 Å². The van der Waals surface area contributed by atoms with Crippen LogP contribution in [0, 0.1) is 13.8 Å². The zero-order valence-electron chi connectivity index (χ0n) is 20.9. The number of ether oxygens (including phenoxy) is 2. The van der Waals surface area contributed by atoms with Crippen LogP contribution in [0.4, 0.5) is 5.69 Å². The molecule has 10 heteroatoms. The molecule has 0 aliphatic carbocycles. The molecule has 37 heavy (non-hydrogen) atoms. The molecule has 0 unspecified atom stereocenters. The fourth-order valence-corrected chi connectivity index (χ4v) is 6.12. The number of sulfonamides is 1. The van der Waals surface area contributed by atoms with Gasteiger partial charge < -0.3 is 14.5 Å². The molecule has 1 aliphatic heterocycles. The van der Waals surface area contributed by atoms with Crippen molar-refractivity contribution in [2.45, 2.75) is 38.5 Å². The van der Waals surface area contributed by atoms with Gasteiger partial charge in [0, 0.05) is 17.9 Å². The number of anilines is 1. The Morgan fingerprint density at radius 1 is 0.946 bits per heavy atom. The maximum Gasteiger partial charge on any atom is 0.340 e. The molecule has 0 spiro atoms. The second-order valence-electron chi connectivity index (χ2n) is 8.68. The van der Waals surface area contributed by atoms with Crippen LogP contribution in [0.15, 0.2) is 53.4 Å². The molecule has 2 heterocycles. The zero-order chi connectivity index (χ0) is 26.7. The number of Topliss-reactive ketones (excluding diaryl/α,β-unsaturated/α-hetero) is 1. The lowest BCUT2D eigenvalue weighted by atomic mass is 10.0. The monoisotopic (exact) mass is 524 g/mol. The summed E-state index contributed by atoms with van der Waals surface area (Å²) in [6, 6.07) is 12.9. The predicted octanol–water partition coefficient (Wildman–Crippen LogP) is 3.99. The lowest BCUT2D eigenvalue weighted by molar-refractivity contribution is 0.0472. The van der Waals surface area contributed by atoms with E-state index in [-0.39, 0.29) is 28.2 Å². The van der Waals surface area contributed by atoms with Crippen molar-refractivity contribution >= 4 is 33.4 Å². The predicted molar refractivity (Wildman–Crippen MR) is 137 cm³/mol. The molecule has 0 atom stereocenters. The highest BCUT2D eigenvalue weighted by Crippen LogP contribution is 2.32. The molecular formula is C27H28N2O7S. The summed E-state index contributed by atoms with van der Waals surface area (Å²) >= 11 is 0. The highest BCUT2D eigenvalue weighted by molar-refractivity contribution is 7.92. The minimum absolute atomic E-state index is 0.00763. The summed E-state index contributed by atoms with van der Waals surface area (Å²) in [5.41, 5.74) is 2.70. The van der Waals surface area contributed by atoms with Gasteiger partial charge in [-0.25, -0.2) is 18.0 Å². The number of aromatic amines is 1. The van der Waals surface area contributed by atoms with Crippen LogP contribution in [-0.2, 0) is 25.9 Å². The number of carbonyl (C=O) groups excluding carboxylic acids is 3. The first-order chi connectivity index (χ1) is 17.6. The van der Waals surface area contributed by atoms with Crippen molar-refractivity contribution in [3.8, 4) is 0 Å². The number of aromatic nitrogens is 1. The van der Waals surface area contributed by atoms with Crippen molar-refractivity contribution in [1.82, 2.24) is 4.98 Å². The first-order valence-electron chi connectivity index (χ1n) is 11.9. The number of carbonyl (C=O) groups is 3. The van der Waals surface area contributed by atoms with Gasteiger partial charge in [-0.1, -0.05) is 24.3 Å². The summed E-state index contributed by atoms with van der Waals surface area (Å²) in [6.07, 6.45) is 1.48. The number of hydrogen-bond acceptors (Lipinski definition) is 7. The molecule has 0 fully saturated rings. The molecule has 3 aromatic rings. The third-order valence-electron chi connectivity index (χ3n) is 6.19. The van der Waals surface area contributed by atoms with Gasteiger partial charge in [0.15, 0.2) is 6.61 Å². The van der Waals surface area contributed by atoms with Crippen molar-refractivity contribution < 1.29 is 32.3 Å². The Morgan fingerprint density at radius 2 is 1.68 bits per heavy atom. The van der Waals surface area contributed by atoms with Crippen LogP contribution >= 0.6 is 0 Å². The Morgan fingerprint density at radius 3 is 2.43 bits per heavy atom. The fourth-order valence-electron chi connectivity index (χ4n) is 4.53. The third-order valence-corrected chi connectivity index (χ3v) is 8.00. The maximum absolute atomic E-state index is 13.4. The van der Waals surface area contributed by atoms with Gasteiger partial charge in [-0.15, -0.1) is 0 Å². The van der Waals surface area contributed by atoms with E-state index in [0.717, 1.165) is 12.0 Å². The number of benzene rings is 2. The van der Waals surface area contributed by atoms with Gasteiger partial charge in [-0.2, -0.15) is 0 Å². The smallest absolute Gasteiger partial charge is 0.340 e. The first kappa shape index (κ1) is 26.2. The standard InChI is InChI=1S/C27H28N2O7S/c1-4-35-27(32)25-18(3)28-17(2)24(25)23(30)16-36-26(31)20-10-7-12-21(15-20)37(33,34)29-14-8-11-19-9-5-6-13-22(19)29/h5-7,9-10,12-13,15,28H,4,8,11,14,16H2,1-3H3. The SMILES string of the molecule is CCOC(=O)c1c(C)[nH]c(C)c1C(=O)COC(=O)c1cccc(S(=O)(=O)N2CCCc3ccccc32)c1. The molecule has 9 nitrogen and oxygen atoms in total. The number of rotatable bonds is 8. The van der Waals surface area contributed by atoms with E-state index < -0.39 is 34.4 Å². The van der Waals surface area contributed by atoms with Gasteiger partial charge in [0.2, 0.25) is 5.78 Å². The van der Waals surface area contributed by atoms with Gasteiger partial charge in [-0.05, 0) is 63.4 Å². The number of hydrogen-bond donors (Lipinski definition) is 1. The van der Waals surface area contributed by atoms with Gasteiger partial charge in [-0.3, -0.25) is 9.10 Å². The Hall–Kier alpha value is -3.92. The van der Waals surface area contributed by atoms with Crippen LogP contribution in [0.25, 0.3) is 0 Å². The topological polar surface area (TPSA) is 123 Å². The minimum Gasteiger partial charge on any atom is -0.462 e. The molecule has 0 amide bonds. The van der Waals surface area contributed by atoms with Crippen LogP contribution in [-0.4, -0.2) is 50.9 Å². The van der Waals surface area contributed by atoms with E-state index >= 15 is 0 Å². The van der Waals surface area contributed by atoms with Crippen molar-refractivity contribution in [2.75, 3.05) is 24.1 Å². The lowest BCUT2D eigenvalue weighted by Crippen LogP contribution is -2.35. The highest BCUT2D eigenvalue weighted by Gasteiger charge is 2.30. The number of aryl methyl sites for hydroxylation is 3. The van der Waals surface area contributed by atoms with E-state index in [4.69, 9.17) is 9.47 Å². The minimum atomic E-state index is -3.93. The van der Waals surface area contributed by atoms with Crippen LogP contribution in [0.5, 0.6) is 0 Å². The number of ketones is 1. The summed E-state index contributed by atoms with van der Waals surface area (Å²) in [7, 11) is -3.93. The van der Waals surface area contributed by atoms with Crippen molar-refractivity contribution in [2.24, 2.45) is 0 Å². The number of nitrogens with zero attached hydrogens (tertiary/aromatic N) is 1. The van der Waals surface area contributed by atoms with Crippen molar-refractivity contribution in [1.29, 1.82) is 0 Å². The number of H-pyrrole nitrogens is 1. The number of fused-ring (bicyclic) bond motifs is 1. The molecular weight excluding hydrogens is 496 g/mol. The summed E-state index contributed by atoms with van der Waals surface area (Å²) < 4.78 is 38.5. The lowest BCUT2D eigenvalue weighted by Gasteiger charge is -2.30. The molecule has 0 saturated carbocycles. The molecule has 194 valence electrons. The number of esters is 2. The fraction of sp³-hybridized carbons (Fsp3) is 0.296. The van der Waals surface area contributed by atoms with Crippen molar-refractivity contribution in [3.05, 3.63) is 82.2 Å². The highest BCUT2D eigenvalue weighted by atomic mass is 32.2. The quantitative estimate of drug-likeness (QED) is 0.349. The van der Waals surface area contributed by atoms with Gasteiger partial charge in [0.05, 0.1) is 33.9 Å². The van der Waals surface area contributed by atoms with Crippen LogP contribution < -0.4 is 4.31 Å². The first-order valence-corrected chi connectivity index (χ1v) is 13.4. The number of nitrogens with one attached hydrogen (secondary N) is 1. The normalized spacial score (nSPS) is 13.1.